The highest BCUT2D eigenvalue weighted by atomic mass is 32.3. The summed E-state index contributed by atoms with van der Waals surface area (Å²) in [5, 5.41) is 0. The Kier molecular flexibility index (Phi) is 6.88. The molecule has 0 spiro atoms. The van der Waals surface area contributed by atoms with Crippen molar-refractivity contribution >= 4 is 19.9 Å². The minimum Gasteiger partial charge on any atom is -0.228 e. The second kappa shape index (κ2) is 9.10. The number of rotatable bonds is 6. The van der Waals surface area contributed by atoms with Gasteiger partial charge in [0.05, 0.1) is 9.79 Å². The van der Waals surface area contributed by atoms with Gasteiger partial charge in [0.15, 0.2) is 9.92 Å². The van der Waals surface area contributed by atoms with Crippen LogP contribution in [0.25, 0.3) is 0 Å². The van der Waals surface area contributed by atoms with Crippen LogP contribution in [0, 0.1) is 19.8 Å². The Morgan fingerprint density at radius 2 is 1.45 bits per heavy atom. The van der Waals surface area contributed by atoms with Gasteiger partial charge in [-0.2, -0.15) is 8.42 Å². The summed E-state index contributed by atoms with van der Waals surface area (Å²) >= 11 is 0. The van der Waals surface area contributed by atoms with Gasteiger partial charge in [0.25, 0.3) is 10.0 Å². The van der Waals surface area contributed by atoms with Crippen molar-refractivity contribution in [2.24, 2.45) is 9.69 Å². The van der Waals surface area contributed by atoms with Gasteiger partial charge in [-0.15, -0.1) is 0 Å². The highest BCUT2D eigenvalue weighted by Crippen LogP contribution is 2.30. The van der Waals surface area contributed by atoms with Crippen LogP contribution < -0.4 is 4.72 Å². The molecule has 0 saturated heterocycles. The third kappa shape index (κ3) is 5.53. The summed E-state index contributed by atoms with van der Waals surface area (Å²) in [7, 11) is -7.64. The third-order valence-electron chi connectivity index (χ3n) is 5.54. The van der Waals surface area contributed by atoms with Gasteiger partial charge >= 0.3 is 0 Å². The first-order valence-electron chi connectivity index (χ1n) is 10.3. The van der Waals surface area contributed by atoms with Gasteiger partial charge < -0.3 is 0 Å². The summed E-state index contributed by atoms with van der Waals surface area (Å²) in [5.74, 6) is 0.0484. The Balaban J connectivity index is 2.16. The van der Waals surface area contributed by atoms with E-state index in [2.05, 4.69) is 15.1 Å². The fraction of sp³-hybridized carbons (Fsp3) is 0.333. The topological polar surface area (TPSA) is 75.6 Å². The van der Waals surface area contributed by atoms with E-state index in [0.717, 1.165) is 29.5 Å². The van der Waals surface area contributed by atoms with Gasteiger partial charge in [-0.25, -0.2) is 8.93 Å². The predicted molar refractivity (Wildman–Crippen MR) is 127 cm³/mol. The lowest BCUT2D eigenvalue weighted by Crippen LogP contribution is -2.41. The minimum absolute atomic E-state index is 0.0200. The van der Waals surface area contributed by atoms with Gasteiger partial charge in [0.2, 0.25) is 0 Å². The van der Waals surface area contributed by atoms with E-state index < -0.39 is 19.9 Å². The Labute approximate surface area is 186 Å². The van der Waals surface area contributed by atoms with E-state index in [-0.39, 0.29) is 16.9 Å². The van der Waals surface area contributed by atoms with Crippen molar-refractivity contribution in [1.82, 2.24) is 4.72 Å². The first-order chi connectivity index (χ1) is 14.5. The maximum absolute atomic E-state index is 14.2. The van der Waals surface area contributed by atoms with Gasteiger partial charge in [-0.05, 0) is 70.7 Å². The average Bonchev–Trinajstić information content (AvgIpc) is 2.68. The second-order valence-corrected chi connectivity index (χ2v) is 12.1. The molecule has 0 radical (unpaired) electrons. The number of benzene rings is 2. The van der Waals surface area contributed by atoms with E-state index in [9.17, 15) is 12.6 Å². The number of allylic oxidation sites excluding steroid dienone is 1. The van der Waals surface area contributed by atoms with Crippen LogP contribution in [0.1, 0.15) is 37.8 Å². The van der Waals surface area contributed by atoms with Crippen molar-refractivity contribution in [2.45, 2.75) is 56.4 Å². The van der Waals surface area contributed by atoms with Gasteiger partial charge in [-0.3, -0.25) is 0 Å². The molecule has 1 aliphatic rings. The fourth-order valence-corrected chi connectivity index (χ4v) is 7.36. The van der Waals surface area contributed by atoms with Crippen LogP contribution in [0.5, 0.6) is 0 Å². The summed E-state index contributed by atoms with van der Waals surface area (Å²) in [6.45, 7) is 11.9. The molecule has 3 rings (SSSR count). The lowest BCUT2D eigenvalue weighted by atomic mass is 9.82. The van der Waals surface area contributed by atoms with Gasteiger partial charge in [-0.1, -0.05) is 63.0 Å². The number of hydrogen-bond acceptors (Lipinski definition) is 3. The molecule has 31 heavy (non-hydrogen) atoms. The average molecular weight is 459 g/mol. The molecule has 3 atom stereocenters. The zero-order chi connectivity index (χ0) is 22.8. The zero-order valence-corrected chi connectivity index (χ0v) is 20.1. The molecule has 7 heteroatoms. The standard InChI is InChI=1S/C24H30N2O3S2/c1-17(2)23-15-10-20(5)16-24(23)25-30(27,21-11-6-18(3)7-12-21)26-31(28,29)22-13-8-19(4)9-14-22/h6-9,11-14,16,23-24H,1,10,15H2,2-5H3,(H,25,26,27). The summed E-state index contributed by atoms with van der Waals surface area (Å²) in [6.07, 6.45) is 3.81. The summed E-state index contributed by atoms with van der Waals surface area (Å²) in [6, 6.07) is 13.0. The van der Waals surface area contributed by atoms with E-state index in [0.29, 0.717) is 4.90 Å². The van der Waals surface area contributed by atoms with Crippen LogP contribution in [-0.2, 0) is 19.9 Å². The van der Waals surface area contributed by atoms with Crippen molar-refractivity contribution in [3.05, 3.63) is 83.5 Å². The molecule has 3 unspecified atom stereocenters. The van der Waals surface area contributed by atoms with Crippen LogP contribution in [0.15, 0.2) is 85.9 Å². The lowest BCUT2D eigenvalue weighted by Gasteiger charge is -2.31. The summed E-state index contributed by atoms with van der Waals surface area (Å²) in [4.78, 5) is 0.359. The fourth-order valence-electron chi connectivity index (χ4n) is 3.67. The van der Waals surface area contributed by atoms with E-state index in [4.69, 9.17) is 0 Å². The molecule has 1 aliphatic carbocycles. The molecule has 1 N–H and O–H groups in total. The van der Waals surface area contributed by atoms with Crippen LogP contribution in [0.2, 0.25) is 0 Å². The number of nitrogens with zero attached hydrogens (tertiary/aromatic N) is 1. The van der Waals surface area contributed by atoms with E-state index in [1.54, 1.807) is 24.3 Å². The molecule has 0 aliphatic heterocycles. The molecular formula is C24H30N2O3S2. The molecule has 0 saturated carbocycles. The molecule has 0 amide bonds. The van der Waals surface area contributed by atoms with E-state index in [1.165, 1.54) is 17.7 Å². The number of sulfonamides is 1. The Morgan fingerprint density at radius 1 is 0.935 bits per heavy atom. The highest BCUT2D eigenvalue weighted by molar-refractivity contribution is 8.02. The first-order valence-corrected chi connectivity index (χ1v) is 13.2. The SMILES string of the molecule is C=C(C)C1CCC(C)=CC1NS(=O)(=NS(=O)(=O)c1ccc(C)cc1)c1ccc(C)cc1. The monoisotopic (exact) mass is 458 g/mol. The van der Waals surface area contributed by atoms with E-state index >= 15 is 0 Å². The Hall–Kier alpha value is -2.22. The predicted octanol–water partition coefficient (Wildman–Crippen LogP) is 5.32. The first kappa shape index (κ1) is 23.4. The molecule has 0 heterocycles. The van der Waals surface area contributed by atoms with Crippen molar-refractivity contribution in [2.75, 3.05) is 0 Å². The Morgan fingerprint density at radius 3 is 1.97 bits per heavy atom. The van der Waals surface area contributed by atoms with Gasteiger partial charge in [0, 0.05) is 6.04 Å². The van der Waals surface area contributed by atoms with Crippen LogP contribution >= 0.6 is 0 Å². The minimum atomic E-state index is -4.15. The van der Waals surface area contributed by atoms with Crippen molar-refractivity contribution < 1.29 is 12.6 Å². The number of aryl methyl sites for hydroxylation is 2. The van der Waals surface area contributed by atoms with E-state index in [1.807, 2.05) is 45.9 Å². The van der Waals surface area contributed by atoms with Crippen LogP contribution in [0.4, 0.5) is 0 Å². The molecule has 0 aromatic heterocycles. The van der Waals surface area contributed by atoms with Crippen LogP contribution in [-0.4, -0.2) is 18.7 Å². The van der Waals surface area contributed by atoms with Crippen molar-refractivity contribution in [1.29, 1.82) is 0 Å². The summed E-state index contributed by atoms with van der Waals surface area (Å²) < 4.78 is 47.5. The van der Waals surface area contributed by atoms with Gasteiger partial charge in [0.1, 0.15) is 0 Å². The normalized spacial score (nSPS) is 21.1. The number of nitrogens with one attached hydrogen (secondary N) is 1. The zero-order valence-electron chi connectivity index (χ0n) is 18.5. The second-order valence-electron chi connectivity index (χ2n) is 8.35. The molecule has 166 valence electrons. The molecule has 5 nitrogen and oxygen atoms in total. The Bertz CT molecular complexity index is 1220. The maximum Gasteiger partial charge on any atom is 0.291 e. The van der Waals surface area contributed by atoms with Crippen molar-refractivity contribution in [3.63, 3.8) is 0 Å². The summed E-state index contributed by atoms with van der Waals surface area (Å²) in [5.41, 5.74) is 4.05. The largest absolute Gasteiger partial charge is 0.291 e. The van der Waals surface area contributed by atoms with Crippen LogP contribution in [0.3, 0.4) is 0 Å². The smallest absolute Gasteiger partial charge is 0.228 e. The molecule has 2 aromatic carbocycles. The lowest BCUT2D eigenvalue weighted by molar-refractivity contribution is 0.456. The molecule has 0 fully saturated rings. The third-order valence-corrected chi connectivity index (χ3v) is 9.53. The number of hydrogen-bond donors (Lipinski definition) is 1. The molecule has 0 bridgehead atoms. The highest BCUT2D eigenvalue weighted by Gasteiger charge is 2.30. The van der Waals surface area contributed by atoms with Crippen molar-refractivity contribution in [3.8, 4) is 0 Å². The maximum atomic E-state index is 14.2. The molecule has 2 aromatic rings. The molecular weight excluding hydrogens is 428 g/mol. The quantitative estimate of drug-likeness (QED) is 0.595.